The van der Waals surface area contributed by atoms with Crippen LogP contribution in [-0.4, -0.2) is 33.1 Å². The van der Waals surface area contributed by atoms with Crippen LogP contribution in [0, 0.1) is 0 Å². The Morgan fingerprint density at radius 2 is 2.22 bits per heavy atom. The number of guanidine groups is 1. The Kier molecular flexibility index (Phi) is 6.24. The van der Waals surface area contributed by atoms with E-state index in [4.69, 9.17) is 0 Å². The fraction of sp³-hybridized carbons (Fsp3) is 0.462. The molecule has 5 heteroatoms. The molecule has 1 aliphatic rings. The molecule has 0 spiro atoms. The molecule has 2 N–H and O–H groups in total. The zero-order valence-corrected chi connectivity index (χ0v) is 13.3. The third kappa shape index (κ3) is 4.36. The minimum Gasteiger partial charge on any atom is -0.378 e. The Hall–Kier alpha value is -0.980. The lowest BCUT2D eigenvalue weighted by Gasteiger charge is -2.17. The van der Waals surface area contributed by atoms with Gasteiger partial charge < -0.3 is 15.5 Å². The highest BCUT2D eigenvalue weighted by Gasteiger charge is 2.03. The van der Waals surface area contributed by atoms with Gasteiger partial charge in [-0.05, 0) is 24.1 Å². The lowest BCUT2D eigenvalue weighted by Crippen LogP contribution is -2.40. The van der Waals surface area contributed by atoms with Crippen molar-refractivity contribution in [3.8, 4) is 0 Å². The summed E-state index contributed by atoms with van der Waals surface area (Å²) in [6, 6.07) is 8.52. The van der Waals surface area contributed by atoms with Crippen LogP contribution in [0.5, 0.6) is 0 Å². The maximum absolute atomic E-state index is 4.39. The lowest BCUT2D eigenvalue weighted by atomic mass is 10.2. The molecule has 0 saturated heterocycles. The molecule has 0 unspecified atom stereocenters. The Labute approximate surface area is 126 Å². The van der Waals surface area contributed by atoms with Gasteiger partial charge in [0.15, 0.2) is 5.96 Å². The first kappa shape index (κ1) is 15.1. The fourth-order valence-electron chi connectivity index (χ4n) is 1.78. The summed E-state index contributed by atoms with van der Waals surface area (Å²) in [7, 11) is 4.11. The van der Waals surface area contributed by atoms with Gasteiger partial charge in [-0.3, -0.25) is 4.99 Å². The van der Waals surface area contributed by atoms with Crippen molar-refractivity contribution in [1.29, 1.82) is 0 Å². The highest BCUT2D eigenvalue weighted by atomic mass is 127. The van der Waals surface area contributed by atoms with E-state index in [-0.39, 0.29) is 24.0 Å². The van der Waals surface area contributed by atoms with Crippen LogP contribution in [0.1, 0.15) is 12.0 Å². The van der Waals surface area contributed by atoms with E-state index >= 15 is 0 Å². The second kappa shape index (κ2) is 7.45. The molecule has 2 rings (SSSR count). The van der Waals surface area contributed by atoms with Crippen molar-refractivity contribution in [2.75, 3.05) is 32.1 Å². The van der Waals surface area contributed by atoms with E-state index in [9.17, 15) is 0 Å². The van der Waals surface area contributed by atoms with Gasteiger partial charge in [0.2, 0.25) is 0 Å². The van der Waals surface area contributed by atoms with Crippen molar-refractivity contribution in [2.24, 2.45) is 4.99 Å². The molecule has 1 heterocycles. The van der Waals surface area contributed by atoms with Gasteiger partial charge in [0.05, 0.1) is 0 Å². The second-order valence-electron chi connectivity index (χ2n) is 4.43. The molecule has 0 bridgehead atoms. The highest BCUT2D eigenvalue weighted by Crippen LogP contribution is 2.13. The SMILES string of the molecule is CN(C)c1cccc(CNC2=NCCCN2)c1.I. The average molecular weight is 360 g/mol. The summed E-state index contributed by atoms with van der Waals surface area (Å²) in [5, 5.41) is 6.58. The molecule has 1 aliphatic heterocycles. The third-order valence-electron chi connectivity index (χ3n) is 2.78. The molecule has 18 heavy (non-hydrogen) atoms. The molecule has 0 amide bonds. The number of benzene rings is 1. The predicted molar refractivity (Wildman–Crippen MR) is 87.9 cm³/mol. The summed E-state index contributed by atoms with van der Waals surface area (Å²) in [5.41, 5.74) is 2.49. The van der Waals surface area contributed by atoms with Gasteiger partial charge in [0.25, 0.3) is 0 Å². The molecule has 0 saturated carbocycles. The number of nitrogens with zero attached hydrogens (tertiary/aromatic N) is 2. The zero-order valence-electron chi connectivity index (χ0n) is 10.9. The first-order valence-corrected chi connectivity index (χ1v) is 6.04. The molecule has 100 valence electrons. The number of hydrogen-bond acceptors (Lipinski definition) is 4. The van der Waals surface area contributed by atoms with Crippen LogP contribution < -0.4 is 15.5 Å². The summed E-state index contributed by atoms with van der Waals surface area (Å²) < 4.78 is 0. The molecule has 1 aromatic rings. The van der Waals surface area contributed by atoms with Crippen LogP contribution in [0.15, 0.2) is 29.3 Å². The number of nitrogens with one attached hydrogen (secondary N) is 2. The van der Waals surface area contributed by atoms with Crippen molar-refractivity contribution in [3.63, 3.8) is 0 Å². The van der Waals surface area contributed by atoms with E-state index in [0.717, 1.165) is 32.0 Å². The monoisotopic (exact) mass is 360 g/mol. The smallest absolute Gasteiger partial charge is 0.191 e. The molecule has 0 aromatic heterocycles. The second-order valence-corrected chi connectivity index (χ2v) is 4.43. The summed E-state index contributed by atoms with van der Waals surface area (Å²) >= 11 is 0. The van der Waals surface area contributed by atoms with Crippen LogP contribution in [0.25, 0.3) is 0 Å². The quantitative estimate of drug-likeness (QED) is 0.808. The number of rotatable bonds is 3. The van der Waals surface area contributed by atoms with Gasteiger partial charge >= 0.3 is 0 Å². The third-order valence-corrected chi connectivity index (χ3v) is 2.78. The summed E-state index contributed by atoms with van der Waals surface area (Å²) in [5.74, 6) is 0.923. The van der Waals surface area contributed by atoms with Gasteiger partial charge in [-0.2, -0.15) is 0 Å². The number of aliphatic imine (C=N–C) groups is 1. The van der Waals surface area contributed by atoms with Crippen LogP contribution in [0.3, 0.4) is 0 Å². The maximum atomic E-state index is 4.39. The van der Waals surface area contributed by atoms with E-state index in [1.54, 1.807) is 0 Å². The van der Waals surface area contributed by atoms with Crippen molar-refractivity contribution in [3.05, 3.63) is 29.8 Å². The first-order chi connectivity index (χ1) is 8.25. The van der Waals surface area contributed by atoms with Crippen LogP contribution in [-0.2, 0) is 6.54 Å². The molecule has 1 aromatic carbocycles. The lowest BCUT2D eigenvalue weighted by molar-refractivity contribution is 0.702. The van der Waals surface area contributed by atoms with E-state index in [2.05, 4.69) is 58.9 Å². The Morgan fingerprint density at radius 3 is 2.89 bits per heavy atom. The van der Waals surface area contributed by atoms with Crippen molar-refractivity contribution >= 4 is 35.6 Å². The zero-order chi connectivity index (χ0) is 12.1. The maximum Gasteiger partial charge on any atom is 0.191 e. The average Bonchev–Trinajstić information content (AvgIpc) is 2.38. The minimum absolute atomic E-state index is 0. The van der Waals surface area contributed by atoms with Crippen LogP contribution in [0.2, 0.25) is 0 Å². The number of hydrogen-bond donors (Lipinski definition) is 2. The molecular weight excluding hydrogens is 339 g/mol. The van der Waals surface area contributed by atoms with Crippen molar-refractivity contribution in [1.82, 2.24) is 10.6 Å². The Balaban J connectivity index is 0.00000162. The van der Waals surface area contributed by atoms with E-state index in [1.165, 1.54) is 11.3 Å². The molecule has 0 fully saturated rings. The standard InChI is InChI=1S/C13H20N4.HI/c1-17(2)12-6-3-5-11(9-12)10-16-13-14-7-4-8-15-13;/h3,5-6,9H,4,7-8,10H2,1-2H3,(H2,14,15,16);1H. The van der Waals surface area contributed by atoms with Crippen molar-refractivity contribution < 1.29 is 0 Å². The highest BCUT2D eigenvalue weighted by molar-refractivity contribution is 14.0. The number of halogens is 1. The van der Waals surface area contributed by atoms with Crippen LogP contribution >= 0.6 is 24.0 Å². The Morgan fingerprint density at radius 1 is 1.39 bits per heavy atom. The van der Waals surface area contributed by atoms with E-state index < -0.39 is 0 Å². The van der Waals surface area contributed by atoms with Gasteiger partial charge in [-0.1, -0.05) is 12.1 Å². The van der Waals surface area contributed by atoms with E-state index in [1.807, 2.05) is 0 Å². The Bertz CT molecular complexity index is 404. The predicted octanol–water partition coefficient (Wildman–Crippen LogP) is 1.81. The molecule has 0 atom stereocenters. The molecule has 4 nitrogen and oxygen atoms in total. The van der Waals surface area contributed by atoms with E-state index in [0.29, 0.717) is 0 Å². The summed E-state index contributed by atoms with van der Waals surface area (Å²) in [6.07, 6.45) is 1.13. The largest absolute Gasteiger partial charge is 0.378 e. The summed E-state index contributed by atoms with van der Waals surface area (Å²) in [6.45, 7) is 2.75. The van der Waals surface area contributed by atoms with Gasteiger partial charge in [0, 0.05) is 39.4 Å². The minimum atomic E-state index is 0. The molecular formula is C13H21IN4. The number of anilines is 1. The fourth-order valence-corrected chi connectivity index (χ4v) is 1.78. The topological polar surface area (TPSA) is 39.7 Å². The molecule has 0 radical (unpaired) electrons. The van der Waals surface area contributed by atoms with Crippen LogP contribution in [0.4, 0.5) is 5.69 Å². The van der Waals surface area contributed by atoms with Gasteiger partial charge in [-0.15, -0.1) is 24.0 Å². The first-order valence-electron chi connectivity index (χ1n) is 6.04. The van der Waals surface area contributed by atoms with Crippen molar-refractivity contribution in [2.45, 2.75) is 13.0 Å². The normalized spacial score (nSPS) is 14.0. The summed E-state index contributed by atoms with van der Waals surface area (Å²) in [4.78, 5) is 6.50. The molecule has 0 aliphatic carbocycles. The van der Waals surface area contributed by atoms with Gasteiger partial charge in [-0.25, -0.2) is 0 Å². The van der Waals surface area contributed by atoms with Gasteiger partial charge in [0.1, 0.15) is 0 Å².